The number of carbonyl (C=O) groups excluding carboxylic acids is 1. The molecular formula is C3H4F3O+. The van der Waals surface area contributed by atoms with Gasteiger partial charge in [0.15, 0.2) is 0 Å². The molecular weight excluding hydrogens is 109 g/mol. The Morgan fingerprint density at radius 3 is 1.57 bits per heavy atom. The Labute approximate surface area is 38.1 Å². The lowest BCUT2D eigenvalue weighted by Gasteiger charge is -1.90. The molecule has 0 bridgehead atoms. The van der Waals surface area contributed by atoms with Crippen molar-refractivity contribution in [3.05, 3.63) is 0 Å². The first-order valence-electron chi connectivity index (χ1n) is 1.54. The second kappa shape index (κ2) is 1.52. The Balaban J connectivity index is 3.79. The molecule has 4 heteroatoms. The molecule has 0 atom stereocenters. The van der Waals surface area contributed by atoms with E-state index >= 15 is 0 Å². The number of ketones is 1. The zero-order valence-electron chi connectivity index (χ0n) is 3.58. The van der Waals surface area contributed by atoms with E-state index in [4.69, 9.17) is 4.79 Å². The summed E-state index contributed by atoms with van der Waals surface area (Å²) in [5.41, 5.74) is 0. The smallest absolute Gasteiger partial charge is 0.274 e. The van der Waals surface area contributed by atoms with Gasteiger partial charge in [0.25, 0.3) is 0 Å². The fourth-order valence-corrected chi connectivity index (χ4v) is 0. The highest BCUT2D eigenvalue weighted by molar-refractivity contribution is 5.82. The Morgan fingerprint density at radius 1 is 1.43 bits per heavy atom. The van der Waals surface area contributed by atoms with E-state index in [0.717, 1.165) is 0 Å². The second-order valence-electron chi connectivity index (χ2n) is 1.08. The lowest BCUT2D eigenvalue weighted by molar-refractivity contribution is -0.0649. The summed E-state index contributed by atoms with van der Waals surface area (Å²) >= 11 is 0. The molecule has 0 aromatic carbocycles. The quantitative estimate of drug-likeness (QED) is 0.420. The van der Waals surface area contributed by atoms with E-state index in [0.29, 0.717) is 6.92 Å². The van der Waals surface area contributed by atoms with Gasteiger partial charge in [-0.05, 0) is 0 Å². The Bertz CT molecular complexity index is 82.7. The van der Waals surface area contributed by atoms with Crippen LogP contribution in [0.2, 0.25) is 0 Å². The average Bonchev–Trinajstić information content (AvgIpc) is 1.31. The van der Waals surface area contributed by atoms with Crippen LogP contribution in [0.1, 0.15) is 6.92 Å². The first-order chi connectivity index (χ1) is 2.94. The molecule has 0 aliphatic carbocycles. The van der Waals surface area contributed by atoms with Crippen LogP contribution in [0.4, 0.5) is 13.2 Å². The molecule has 0 fully saturated rings. The molecule has 0 rings (SSSR count). The first-order valence-corrected chi connectivity index (χ1v) is 1.54. The van der Waals surface area contributed by atoms with E-state index in [1.54, 1.807) is 0 Å². The second-order valence-corrected chi connectivity index (χ2v) is 1.08. The lowest BCUT2D eigenvalue weighted by atomic mass is 10.5. The fourth-order valence-electron chi connectivity index (χ4n) is 0. The molecule has 1 N–H and O–H groups in total. The van der Waals surface area contributed by atoms with E-state index in [1.165, 1.54) is 0 Å². The Morgan fingerprint density at radius 2 is 1.57 bits per heavy atom. The first kappa shape index (κ1) is 6.46. The van der Waals surface area contributed by atoms with Crippen molar-refractivity contribution in [3.8, 4) is 0 Å². The third kappa shape index (κ3) is 2.19. The van der Waals surface area contributed by atoms with E-state index in [2.05, 4.69) is 0 Å². The monoisotopic (exact) mass is 113 g/mol. The van der Waals surface area contributed by atoms with Crippen LogP contribution in [-0.2, 0) is 0 Å². The van der Waals surface area contributed by atoms with Crippen LogP contribution < -0.4 is 0 Å². The highest BCUT2D eigenvalue weighted by Gasteiger charge is 2.40. The van der Waals surface area contributed by atoms with Crippen molar-refractivity contribution in [2.75, 3.05) is 0 Å². The molecule has 0 heterocycles. The molecule has 0 aromatic heterocycles. The van der Waals surface area contributed by atoms with Crippen LogP contribution in [-0.4, -0.2) is 16.8 Å². The van der Waals surface area contributed by atoms with E-state index in [-0.39, 0.29) is 0 Å². The largest absolute Gasteiger partial charge is 0.503 e. The summed E-state index contributed by atoms with van der Waals surface area (Å²) < 4.78 is 32.7. The minimum atomic E-state index is -4.53. The summed E-state index contributed by atoms with van der Waals surface area (Å²) in [6.45, 7) is 0.597. The van der Waals surface area contributed by atoms with Gasteiger partial charge in [-0.15, -0.1) is 0 Å². The predicted octanol–water partition coefficient (Wildman–Crippen LogP) is 1.11. The van der Waals surface area contributed by atoms with Crippen molar-refractivity contribution < 1.29 is 18.0 Å². The third-order valence-electron chi connectivity index (χ3n) is 0.410. The molecule has 42 valence electrons. The topological polar surface area (TPSA) is 21.4 Å². The van der Waals surface area contributed by atoms with Gasteiger partial charge in [0, 0.05) is 0 Å². The van der Waals surface area contributed by atoms with Crippen molar-refractivity contribution >= 4 is 5.78 Å². The lowest BCUT2D eigenvalue weighted by Crippen LogP contribution is -2.18. The molecule has 0 amide bonds. The highest BCUT2D eigenvalue weighted by atomic mass is 19.4. The molecule has 0 aliphatic rings. The number of hydrogen-bond acceptors (Lipinski definition) is 0. The minimum Gasteiger partial charge on any atom is -0.274 e. The van der Waals surface area contributed by atoms with Gasteiger partial charge in [-0.2, -0.15) is 13.2 Å². The molecule has 1 nitrogen and oxygen atoms in total. The van der Waals surface area contributed by atoms with Crippen LogP contribution in [0.3, 0.4) is 0 Å². The van der Waals surface area contributed by atoms with Gasteiger partial charge in [0.05, 0.1) is 6.92 Å². The number of rotatable bonds is 0. The summed E-state index contributed by atoms with van der Waals surface area (Å²) in [4.78, 5) is 7.68. The highest BCUT2D eigenvalue weighted by Crippen LogP contribution is 2.14. The SMILES string of the molecule is CC(=[OH+])C(F)(F)F. The van der Waals surface area contributed by atoms with Crippen molar-refractivity contribution in [1.29, 1.82) is 0 Å². The molecule has 0 aromatic rings. The molecule has 0 radical (unpaired) electrons. The summed E-state index contributed by atoms with van der Waals surface area (Å²) in [5, 5.41) is 0. The minimum absolute atomic E-state index is 0.597. The van der Waals surface area contributed by atoms with Gasteiger partial charge in [-0.1, -0.05) is 0 Å². The third-order valence-corrected chi connectivity index (χ3v) is 0.410. The summed E-state index contributed by atoms with van der Waals surface area (Å²) in [6, 6.07) is 0. The molecule has 0 spiro atoms. The van der Waals surface area contributed by atoms with Crippen LogP contribution in [0.15, 0.2) is 0 Å². The molecule has 0 aliphatic heterocycles. The van der Waals surface area contributed by atoms with Crippen LogP contribution >= 0.6 is 0 Å². The molecule has 0 saturated heterocycles. The van der Waals surface area contributed by atoms with Gasteiger partial charge in [0.2, 0.25) is 0 Å². The average molecular weight is 113 g/mol. The van der Waals surface area contributed by atoms with E-state index in [9.17, 15) is 13.2 Å². The normalized spacial score (nSPS) is 11.4. The van der Waals surface area contributed by atoms with Gasteiger partial charge in [-0.3, -0.25) is 4.79 Å². The maximum atomic E-state index is 10.9. The predicted molar refractivity (Wildman–Crippen MR) is 18.7 cm³/mol. The van der Waals surface area contributed by atoms with Crippen molar-refractivity contribution in [2.45, 2.75) is 13.1 Å². The summed E-state index contributed by atoms with van der Waals surface area (Å²) in [7, 11) is 0. The molecule has 0 unspecified atom stereocenters. The number of hydrogen-bond donors (Lipinski definition) is 0. The fraction of sp³-hybridized carbons (Fsp3) is 0.667. The van der Waals surface area contributed by atoms with Crippen molar-refractivity contribution in [3.63, 3.8) is 0 Å². The molecule has 7 heavy (non-hydrogen) atoms. The van der Waals surface area contributed by atoms with E-state index < -0.39 is 12.0 Å². The van der Waals surface area contributed by atoms with Crippen LogP contribution in [0, 0.1) is 0 Å². The van der Waals surface area contributed by atoms with Gasteiger partial charge in [0.1, 0.15) is 0 Å². The van der Waals surface area contributed by atoms with Crippen molar-refractivity contribution in [2.24, 2.45) is 0 Å². The van der Waals surface area contributed by atoms with Gasteiger partial charge >= 0.3 is 12.0 Å². The van der Waals surface area contributed by atoms with Crippen molar-refractivity contribution in [1.82, 2.24) is 0 Å². The van der Waals surface area contributed by atoms with Gasteiger partial charge in [-0.25, -0.2) is 0 Å². The summed E-state index contributed by atoms with van der Waals surface area (Å²) in [5.74, 6) is -1.51. The standard InChI is InChI=1S/C3H3F3O/c1-2(7)3(4,5)6/h1H3/p+1. The van der Waals surface area contributed by atoms with Crippen LogP contribution in [0.25, 0.3) is 0 Å². The zero-order chi connectivity index (χ0) is 6.08. The maximum Gasteiger partial charge on any atom is 0.503 e. The maximum absolute atomic E-state index is 10.9. The Hall–Kier alpha value is -0.540. The van der Waals surface area contributed by atoms with E-state index in [1.807, 2.05) is 0 Å². The summed E-state index contributed by atoms with van der Waals surface area (Å²) in [6.07, 6.45) is -4.53. The molecule has 0 saturated carbocycles. The van der Waals surface area contributed by atoms with Crippen LogP contribution in [0.5, 0.6) is 0 Å². The zero-order valence-corrected chi connectivity index (χ0v) is 3.58. The number of halogens is 3. The van der Waals surface area contributed by atoms with Gasteiger partial charge < -0.3 is 0 Å². The Kier molecular flexibility index (Phi) is 1.40. The number of alkyl halides is 3.